The number of alkyl halides is 2. The van der Waals surface area contributed by atoms with E-state index in [0.717, 1.165) is 233 Å². The van der Waals surface area contributed by atoms with E-state index in [-0.39, 0.29) is 56.6 Å². The van der Waals surface area contributed by atoms with Crippen molar-refractivity contribution in [3.8, 4) is 65.6 Å². The molecule has 1 heterocycles. The van der Waals surface area contributed by atoms with Crippen molar-refractivity contribution in [3.63, 3.8) is 0 Å². The van der Waals surface area contributed by atoms with Gasteiger partial charge in [-0.3, -0.25) is 14.4 Å². The molecule has 0 bridgehead atoms. The summed E-state index contributed by atoms with van der Waals surface area (Å²) < 4.78 is 19.1. The molecular weight excluding hydrogens is 1730 g/mol. The molecule has 0 fully saturated rings. The molecule has 0 unspecified atom stereocenters. The average Bonchev–Trinajstić information content (AvgIpc) is 1.10. The molecule has 1 aliphatic rings. The minimum atomic E-state index is -0.214. The predicted octanol–water partition coefficient (Wildman–Crippen LogP) is 24.5. The van der Waals surface area contributed by atoms with E-state index in [0.29, 0.717) is 58.9 Å². The number of aliphatic hydroxyl groups is 6. The number of carbonyl (C=O) groups is 5. The number of unbranched alkanes of at least 4 members (excludes halogenated alkanes) is 13. The van der Waals surface area contributed by atoms with Gasteiger partial charge in [0.15, 0.2) is 0 Å². The molecule has 0 aliphatic carbocycles. The zero-order valence-electron chi connectivity index (χ0n) is 84.7. The summed E-state index contributed by atoms with van der Waals surface area (Å²) in [5, 5.41) is 50.9. The molecule has 0 aromatic rings. The van der Waals surface area contributed by atoms with Gasteiger partial charge in [0, 0.05) is 142 Å². The van der Waals surface area contributed by atoms with Gasteiger partial charge in [-0.15, -0.1) is 76.9 Å². The second-order valence-electron chi connectivity index (χ2n) is 24.9. The molecule has 6 N–H and O–H groups in total. The Labute approximate surface area is 808 Å². The Morgan fingerprint density at radius 1 is 0.384 bits per heavy atom. The van der Waals surface area contributed by atoms with Crippen molar-refractivity contribution < 1.29 is 92.4 Å². The van der Waals surface area contributed by atoms with Crippen LogP contribution in [-0.2, 0) is 42.9 Å². The molecule has 0 atom stereocenters. The van der Waals surface area contributed by atoms with Gasteiger partial charge in [-0.1, -0.05) is 228 Å². The van der Waals surface area contributed by atoms with Crippen molar-refractivity contribution in [2.45, 2.75) is 381 Å². The molecule has 0 spiro atoms. The summed E-state index contributed by atoms with van der Waals surface area (Å²) in [4.78, 5) is 50.3. The van der Waals surface area contributed by atoms with Crippen molar-refractivity contribution in [1.82, 2.24) is 0 Å². The van der Waals surface area contributed by atoms with Crippen LogP contribution in [0.1, 0.15) is 381 Å². The van der Waals surface area contributed by atoms with E-state index in [2.05, 4.69) is 255 Å². The van der Waals surface area contributed by atoms with Gasteiger partial charge >= 0.3 is 36.8 Å². The third-order valence-corrected chi connectivity index (χ3v) is 13.2. The molecule has 730 valence electrons. The maximum absolute atomic E-state index is 10.3. The molecule has 1 aliphatic heterocycles. The van der Waals surface area contributed by atoms with Crippen LogP contribution in [0.5, 0.6) is 0 Å². The van der Waals surface area contributed by atoms with Crippen molar-refractivity contribution in [2.24, 2.45) is 0 Å². The Balaban J connectivity index is -0.0000000612. The Morgan fingerprint density at radius 3 is 0.816 bits per heavy atom. The molecule has 1 rings (SSSR count). The molecule has 20 heteroatoms. The predicted molar refractivity (Wildman–Crippen MR) is 559 cm³/mol. The normalized spacial score (nSPS) is 9.28. The number of allylic oxidation sites excluding steroid dienone is 13. The van der Waals surface area contributed by atoms with E-state index < -0.39 is 0 Å². The summed E-state index contributed by atoms with van der Waals surface area (Å²) in [6, 6.07) is 0. The summed E-state index contributed by atoms with van der Waals surface area (Å²) in [7, 11) is 2.17. The smallest absolute Gasteiger partial charge is 0.694 e. The SMILES string of the molecule is C#CCC.C1=COCCC1.CC/C=C/CCC=O.CC/C=C/CCCO.CC/C=C/CCCOC(C)=O.CC/C=C\CCC=O.CC/C=C\CCCO.CC/C=C\CCCOC(C)=O.CCC#CCCCC.CCC#CCCCC.CCC#CCCCO.CCC#CCCCOC(C)=O.CCCCBr.CPC.CPC.OCCCBr.OCCCO.[C-]#CCC.[Li+]. The van der Waals surface area contributed by atoms with Crippen molar-refractivity contribution in [2.75, 3.05) is 103 Å². The fourth-order valence-corrected chi connectivity index (χ4v) is 6.78. The maximum Gasteiger partial charge on any atom is 1.00 e. The number of aldehydes is 2. The third kappa shape index (κ3) is 352. The van der Waals surface area contributed by atoms with Gasteiger partial charge in [0.1, 0.15) is 12.6 Å². The van der Waals surface area contributed by atoms with Crippen LogP contribution in [-0.4, -0.2) is 165 Å². The van der Waals surface area contributed by atoms with Gasteiger partial charge in [-0.25, -0.2) is 0 Å². The first-order chi connectivity index (χ1) is 60.1. The molecule has 0 aromatic carbocycles. The van der Waals surface area contributed by atoms with E-state index in [1.165, 1.54) is 72.1 Å². The average molecular weight is 1930 g/mol. The number of esters is 3. The Kier molecular flexibility index (Phi) is 280. The van der Waals surface area contributed by atoms with E-state index in [1.807, 2.05) is 45.9 Å². The van der Waals surface area contributed by atoms with E-state index in [9.17, 15) is 24.0 Å². The molecule has 0 saturated carbocycles. The molecule has 125 heavy (non-hydrogen) atoms. The molecule has 0 aromatic heterocycles. The standard InChI is InChI=1S/2C9H16O2.C9H14O2.2C8H14.2C7H14O.3C7H12O.C5H8O.C4H9Br.C4H6.C4H5.C3H7BrO.C3H8O2.2C2H7P.Li/c3*1-3-4-5-6-7-8-11-9(2)10;2*1-3-5-7-8-6-4-2;5*1-2-3-4-5-6-7-8;1-2-4-6-5-3-1;1-2-3-4-5;2*1-3-4-2;2*4-2-1-3-5;2*1-3-2;/h2*4-5H,3,6-8H2,1-2H3;3,6-8H2,1-2H3;2*3-5,7H2,1-2H3;2*3-4,8H,2,5-7H2,1H3;8H,2,5-7H2,1H3;2*3-4,7H,2,5-6H2,1H3;2,4H,1,3,5H2;2-4H2,1H3;1H,4H2,2H3;3H2,1H3;5H,1-3H2;4-5H,1-3H2;2*3H,1-2H3;/q;;;;;;;;;;;;;-1;;;;;+1/b5-4+;5-4-;;;;4-3+;4-3-;;4-3+;4-3-;;;;;;;;;. The summed E-state index contributed by atoms with van der Waals surface area (Å²) >= 11 is 6.46. The minimum absolute atomic E-state index is 0. The fraction of sp³-hybridized carbons (Fsp3) is 0.705. The van der Waals surface area contributed by atoms with Gasteiger partial charge in [0.05, 0.1) is 32.7 Å². The van der Waals surface area contributed by atoms with Crippen molar-refractivity contribution in [3.05, 3.63) is 91.7 Å². The Hall–Kier alpha value is -4.73. The van der Waals surface area contributed by atoms with Gasteiger partial charge < -0.3 is 71.5 Å². The number of terminal acetylenes is 1. The monoisotopic (exact) mass is 1920 g/mol. The van der Waals surface area contributed by atoms with Gasteiger partial charge in [-0.2, -0.15) is 0 Å². The van der Waals surface area contributed by atoms with Crippen molar-refractivity contribution >= 4 is 79.5 Å². The second kappa shape index (κ2) is 214. The fourth-order valence-electron chi connectivity index (χ4n) is 5.97. The molecular formula is C105H195Br2LiO15P2. The topological polar surface area (TPSA) is 244 Å². The van der Waals surface area contributed by atoms with E-state index >= 15 is 0 Å². The molecule has 0 saturated heterocycles. The Bertz CT molecular complexity index is 2240. The Morgan fingerprint density at radius 2 is 0.648 bits per heavy atom. The quantitative estimate of drug-likeness (QED) is 0.00319. The first-order valence-corrected chi connectivity index (χ1v) is 52.4. The summed E-state index contributed by atoms with van der Waals surface area (Å²) in [5.41, 5.74) is 0. The van der Waals surface area contributed by atoms with Gasteiger partial charge in [0.2, 0.25) is 0 Å². The zero-order chi connectivity index (χ0) is 98.1. The molecule has 0 radical (unpaired) electrons. The van der Waals surface area contributed by atoms with Crippen LogP contribution < -0.4 is 18.9 Å². The number of rotatable bonds is 41. The molecule has 0 amide bonds. The summed E-state index contributed by atoms with van der Waals surface area (Å²) in [5.74, 6) is 28.0. The largest absolute Gasteiger partial charge is 1.00 e. The molecule has 15 nitrogen and oxygen atoms in total. The van der Waals surface area contributed by atoms with Crippen LogP contribution in [0, 0.1) is 72.1 Å². The number of hydrogen-bond donors (Lipinski definition) is 6. The van der Waals surface area contributed by atoms with Crippen LogP contribution in [0.25, 0.3) is 0 Å². The van der Waals surface area contributed by atoms with Gasteiger partial charge in [0.25, 0.3) is 0 Å². The van der Waals surface area contributed by atoms with Crippen LogP contribution >= 0.6 is 49.0 Å². The summed E-state index contributed by atoms with van der Waals surface area (Å²) in [6.07, 6.45) is 81.4. The zero-order valence-corrected chi connectivity index (χ0v) is 89.9. The van der Waals surface area contributed by atoms with E-state index in [1.54, 1.807) is 6.26 Å². The number of aliphatic hydroxyl groups excluding tert-OH is 6. The third-order valence-electron chi connectivity index (χ3n) is 12.0. The minimum Gasteiger partial charge on any atom is -0.694 e. The van der Waals surface area contributed by atoms with Crippen LogP contribution in [0.4, 0.5) is 0 Å². The van der Waals surface area contributed by atoms with E-state index in [4.69, 9.17) is 62.4 Å². The van der Waals surface area contributed by atoms with Crippen molar-refractivity contribution in [1.29, 1.82) is 0 Å². The number of hydrogen-bond acceptors (Lipinski definition) is 15. The van der Waals surface area contributed by atoms with Crippen LogP contribution in [0.2, 0.25) is 0 Å². The number of carbonyl (C=O) groups excluding carboxylic acids is 5. The maximum atomic E-state index is 10.3. The summed E-state index contributed by atoms with van der Waals surface area (Å²) in [6.45, 7) is 47.9. The second-order valence-corrected chi connectivity index (χ2v) is 28.4. The van der Waals surface area contributed by atoms with Crippen LogP contribution in [0.3, 0.4) is 0 Å². The van der Waals surface area contributed by atoms with Gasteiger partial charge in [-0.05, 0) is 200 Å². The van der Waals surface area contributed by atoms with Crippen LogP contribution in [0.15, 0.2) is 85.3 Å². The first-order valence-electron chi connectivity index (χ1n) is 46.2. The first kappa shape index (κ1) is 164. The number of halogens is 2. The number of ether oxygens (including phenoxy) is 4.